The van der Waals surface area contributed by atoms with Gasteiger partial charge in [0.05, 0.1) is 0 Å². The Kier molecular flexibility index (Phi) is 6.46. The monoisotopic (exact) mass is 417 g/mol. The van der Waals surface area contributed by atoms with Crippen molar-refractivity contribution in [1.82, 2.24) is 4.31 Å². The fourth-order valence-electron chi connectivity index (χ4n) is 3.04. The molecule has 1 heterocycles. The smallest absolute Gasteiger partial charge is 0.255 e. The average Bonchev–Trinajstić information content (AvgIpc) is 2.74. The summed E-state index contributed by atoms with van der Waals surface area (Å²) in [6.07, 6.45) is 2.40. The van der Waals surface area contributed by atoms with Crippen LogP contribution in [-0.2, 0) is 10.0 Å². The quantitative estimate of drug-likeness (QED) is 0.778. The highest BCUT2D eigenvalue weighted by molar-refractivity contribution is 7.89. The van der Waals surface area contributed by atoms with Crippen LogP contribution in [0.2, 0.25) is 0 Å². The number of amides is 1. The van der Waals surface area contributed by atoms with Crippen molar-refractivity contribution in [3.8, 4) is 11.8 Å². The topological polar surface area (TPSA) is 99.5 Å². The number of ether oxygens (including phenoxy) is 1. The number of benzene rings is 2. The zero-order valence-corrected chi connectivity index (χ0v) is 16.4. The number of carbonyl (C=O) groups is 1. The Morgan fingerprint density at radius 3 is 2.48 bits per heavy atom. The van der Waals surface area contributed by atoms with Gasteiger partial charge in [-0.25, -0.2) is 12.8 Å². The summed E-state index contributed by atoms with van der Waals surface area (Å²) in [5.74, 6) is -0.974. The number of nitriles is 1. The summed E-state index contributed by atoms with van der Waals surface area (Å²) in [7, 11) is -4.00. The highest BCUT2D eigenvalue weighted by Crippen LogP contribution is 2.24. The number of hydrogen-bond acceptors (Lipinski definition) is 5. The predicted molar refractivity (Wildman–Crippen MR) is 105 cm³/mol. The van der Waals surface area contributed by atoms with Crippen molar-refractivity contribution in [2.75, 3.05) is 25.0 Å². The zero-order chi connectivity index (χ0) is 20.9. The summed E-state index contributed by atoms with van der Waals surface area (Å²) < 4.78 is 46.2. The predicted octanol–water partition coefficient (Wildman–Crippen LogP) is 3.15. The molecule has 0 bridgehead atoms. The second kappa shape index (κ2) is 9.03. The van der Waals surface area contributed by atoms with Crippen LogP contribution in [0.15, 0.2) is 47.4 Å². The van der Waals surface area contributed by atoms with Crippen LogP contribution in [0.3, 0.4) is 0 Å². The molecule has 1 aliphatic rings. The van der Waals surface area contributed by atoms with Crippen LogP contribution in [0, 0.1) is 17.1 Å². The maximum atomic E-state index is 14.3. The van der Waals surface area contributed by atoms with E-state index in [1.54, 1.807) is 24.3 Å². The Morgan fingerprint density at radius 1 is 1.14 bits per heavy atom. The van der Waals surface area contributed by atoms with Crippen LogP contribution in [-0.4, -0.2) is 38.3 Å². The fraction of sp³-hybridized carbons (Fsp3) is 0.300. The highest BCUT2D eigenvalue weighted by atomic mass is 32.2. The average molecular weight is 417 g/mol. The highest BCUT2D eigenvalue weighted by Gasteiger charge is 2.29. The Bertz CT molecular complexity index is 1030. The van der Waals surface area contributed by atoms with Gasteiger partial charge in [-0.2, -0.15) is 9.57 Å². The van der Waals surface area contributed by atoms with Crippen LogP contribution in [0.4, 0.5) is 10.1 Å². The second-order valence-electron chi connectivity index (χ2n) is 6.54. The first-order chi connectivity index (χ1) is 13.9. The van der Waals surface area contributed by atoms with Gasteiger partial charge in [-0.15, -0.1) is 0 Å². The Morgan fingerprint density at radius 2 is 1.83 bits per heavy atom. The van der Waals surface area contributed by atoms with E-state index < -0.39 is 26.6 Å². The molecule has 1 fully saturated rings. The summed E-state index contributed by atoms with van der Waals surface area (Å²) in [6.45, 7) is 0.604. The molecule has 1 aliphatic heterocycles. The van der Waals surface area contributed by atoms with Crippen molar-refractivity contribution in [3.05, 3.63) is 53.8 Å². The van der Waals surface area contributed by atoms with Gasteiger partial charge in [0.15, 0.2) is 6.61 Å². The van der Waals surface area contributed by atoms with Crippen LogP contribution >= 0.6 is 0 Å². The molecule has 1 saturated heterocycles. The fourth-order valence-corrected chi connectivity index (χ4v) is 4.65. The molecule has 2 aromatic carbocycles. The van der Waals surface area contributed by atoms with E-state index in [-0.39, 0.29) is 12.2 Å². The Labute approximate surface area is 168 Å². The zero-order valence-electron chi connectivity index (χ0n) is 15.6. The normalized spacial score (nSPS) is 14.8. The summed E-state index contributed by atoms with van der Waals surface area (Å²) in [5.41, 5.74) is 0.482. The van der Waals surface area contributed by atoms with Crippen molar-refractivity contribution in [1.29, 1.82) is 5.26 Å². The van der Waals surface area contributed by atoms with Gasteiger partial charge < -0.3 is 10.1 Å². The number of carbonyl (C=O) groups excluding carboxylic acids is 1. The minimum Gasteiger partial charge on any atom is -0.479 e. The van der Waals surface area contributed by atoms with Crippen LogP contribution in [0.1, 0.15) is 29.6 Å². The number of piperidine rings is 1. The van der Waals surface area contributed by atoms with Crippen LogP contribution in [0.25, 0.3) is 0 Å². The third kappa shape index (κ3) is 4.91. The van der Waals surface area contributed by atoms with E-state index in [4.69, 9.17) is 10.00 Å². The number of nitrogens with one attached hydrogen (secondary N) is 1. The number of halogens is 1. The molecule has 0 aliphatic carbocycles. The maximum absolute atomic E-state index is 14.3. The Hall–Kier alpha value is -2.96. The van der Waals surface area contributed by atoms with Crippen molar-refractivity contribution in [3.63, 3.8) is 0 Å². The molecule has 2 aromatic rings. The van der Waals surface area contributed by atoms with Crippen molar-refractivity contribution in [2.24, 2.45) is 0 Å². The summed E-state index contributed by atoms with van der Waals surface area (Å²) >= 11 is 0. The lowest BCUT2D eigenvalue weighted by molar-refractivity contribution is 0.102. The molecule has 152 valence electrons. The molecule has 0 aromatic heterocycles. The largest absolute Gasteiger partial charge is 0.479 e. The summed E-state index contributed by atoms with van der Waals surface area (Å²) in [4.78, 5) is 12.0. The Balaban J connectivity index is 1.78. The van der Waals surface area contributed by atoms with Crippen LogP contribution in [0.5, 0.6) is 5.75 Å². The lowest BCUT2D eigenvalue weighted by atomic mass is 10.2. The van der Waals surface area contributed by atoms with Gasteiger partial charge >= 0.3 is 0 Å². The van der Waals surface area contributed by atoms with Gasteiger partial charge in [0.2, 0.25) is 10.0 Å². The van der Waals surface area contributed by atoms with Gasteiger partial charge in [0.25, 0.3) is 5.91 Å². The van der Waals surface area contributed by atoms with E-state index in [1.807, 2.05) is 6.07 Å². The maximum Gasteiger partial charge on any atom is 0.255 e. The number of hydrogen-bond donors (Lipinski definition) is 1. The first-order valence-electron chi connectivity index (χ1n) is 9.12. The standard InChI is InChI=1S/C20H20FN3O4S/c21-18-9-4-15(14-19(18)29(26,27)24-11-2-1-3-12-24)20(25)23-16-5-7-17(8-6-16)28-13-10-22/h4-9,14H,1-3,11-13H2,(H,23,25). The van der Waals surface area contributed by atoms with E-state index in [9.17, 15) is 17.6 Å². The minimum atomic E-state index is -4.00. The van der Waals surface area contributed by atoms with E-state index in [0.29, 0.717) is 24.5 Å². The van der Waals surface area contributed by atoms with Gasteiger partial charge in [0, 0.05) is 24.3 Å². The molecule has 0 spiro atoms. The molecule has 1 N–H and O–H groups in total. The molecule has 29 heavy (non-hydrogen) atoms. The third-order valence-corrected chi connectivity index (χ3v) is 6.46. The molecule has 0 atom stereocenters. The summed E-state index contributed by atoms with van der Waals surface area (Å²) in [6, 6.07) is 11.5. The van der Waals surface area contributed by atoms with E-state index in [2.05, 4.69) is 5.32 Å². The molecule has 0 unspecified atom stereocenters. The molecule has 1 amide bonds. The first-order valence-corrected chi connectivity index (χ1v) is 10.6. The molecule has 3 rings (SSSR count). The third-order valence-electron chi connectivity index (χ3n) is 4.54. The number of sulfonamides is 1. The van der Waals surface area contributed by atoms with E-state index in [0.717, 1.165) is 31.4 Å². The second-order valence-corrected chi connectivity index (χ2v) is 8.44. The van der Waals surface area contributed by atoms with Gasteiger partial charge in [-0.1, -0.05) is 6.42 Å². The summed E-state index contributed by atoms with van der Waals surface area (Å²) in [5, 5.41) is 11.1. The molecule has 9 heteroatoms. The van der Waals surface area contributed by atoms with Crippen molar-refractivity contribution in [2.45, 2.75) is 24.2 Å². The van der Waals surface area contributed by atoms with Gasteiger partial charge in [0.1, 0.15) is 22.5 Å². The lowest BCUT2D eigenvalue weighted by Gasteiger charge is -2.26. The van der Waals surface area contributed by atoms with Crippen LogP contribution < -0.4 is 10.1 Å². The molecule has 7 nitrogen and oxygen atoms in total. The number of rotatable bonds is 6. The van der Waals surface area contributed by atoms with Crippen molar-refractivity contribution >= 4 is 21.6 Å². The SMILES string of the molecule is N#CCOc1ccc(NC(=O)c2ccc(F)c(S(=O)(=O)N3CCCCC3)c2)cc1. The number of anilines is 1. The molecule has 0 saturated carbocycles. The van der Waals surface area contributed by atoms with E-state index in [1.165, 1.54) is 10.4 Å². The lowest BCUT2D eigenvalue weighted by Crippen LogP contribution is -2.36. The molecular formula is C20H20FN3O4S. The first kappa shape index (κ1) is 20.8. The van der Waals surface area contributed by atoms with Gasteiger partial charge in [-0.05, 0) is 55.3 Å². The molecular weight excluding hydrogens is 397 g/mol. The minimum absolute atomic E-state index is 0.0341. The van der Waals surface area contributed by atoms with E-state index >= 15 is 0 Å². The number of nitrogens with zero attached hydrogens (tertiary/aromatic N) is 2. The molecule has 0 radical (unpaired) electrons. The van der Waals surface area contributed by atoms with Gasteiger partial charge in [-0.3, -0.25) is 4.79 Å². The van der Waals surface area contributed by atoms with Crippen molar-refractivity contribution < 1.29 is 22.3 Å².